The molecule has 1 heterocycles. The molecule has 0 spiro atoms. The van der Waals surface area contributed by atoms with Gasteiger partial charge in [0, 0.05) is 18.8 Å². The maximum Gasteiger partial charge on any atom is 0.305 e. The van der Waals surface area contributed by atoms with E-state index in [1.807, 2.05) is 0 Å². The highest BCUT2D eigenvalue weighted by Gasteiger charge is 2.36. The van der Waals surface area contributed by atoms with Crippen LogP contribution in [-0.4, -0.2) is 42.8 Å². The number of benzene rings is 1. The van der Waals surface area contributed by atoms with Crippen molar-refractivity contribution in [1.82, 2.24) is 5.32 Å². The van der Waals surface area contributed by atoms with Crippen molar-refractivity contribution in [3.63, 3.8) is 0 Å². The van der Waals surface area contributed by atoms with Crippen molar-refractivity contribution >= 4 is 23.5 Å². The third-order valence-electron chi connectivity index (χ3n) is 3.73. The Morgan fingerprint density at radius 2 is 2.09 bits per heavy atom. The third-order valence-corrected chi connectivity index (χ3v) is 4.04. The minimum atomic E-state index is -0.948. The zero-order valence-corrected chi connectivity index (χ0v) is 13.0. The zero-order chi connectivity index (χ0) is 16.2. The molecule has 2 rings (SSSR count). The van der Waals surface area contributed by atoms with Gasteiger partial charge in [-0.15, -0.1) is 0 Å². The van der Waals surface area contributed by atoms with Crippen molar-refractivity contribution in [2.45, 2.75) is 24.8 Å². The fourth-order valence-corrected chi connectivity index (χ4v) is 2.71. The molecular formula is C15H18ClNO5. The Kier molecular flexibility index (Phi) is 5.26. The van der Waals surface area contributed by atoms with E-state index in [0.29, 0.717) is 42.4 Å². The van der Waals surface area contributed by atoms with Gasteiger partial charge in [0.2, 0.25) is 0 Å². The average Bonchev–Trinajstić information content (AvgIpc) is 2.47. The standard InChI is InChI=1S/C15H18ClNO5/c1-21-12-8-10(2-3-11(12)16)14(20)17-15(9-13(18)19)4-6-22-7-5-15/h2-3,8H,4-7,9H2,1H3,(H,17,20)(H,18,19). The van der Waals surface area contributed by atoms with Crippen molar-refractivity contribution in [2.24, 2.45) is 0 Å². The van der Waals surface area contributed by atoms with E-state index < -0.39 is 11.5 Å². The van der Waals surface area contributed by atoms with Crippen LogP contribution < -0.4 is 10.1 Å². The van der Waals surface area contributed by atoms with Crippen molar-refractivity contribution in [1.29, 1.82) is 0 Å². The summed E-state index contributed by atoms with van der Waals surface area (Å²) in [5, 5.41) is 12.4. The Balaban J connectivity index is 2.18. The zero-order valence-electron chi connectivity index (χ0n) is 12.2. The summed E-state index contributed by atoms with van der Waals surface area (Å²) in [6.07, 6.45) is 0.804. The van der Waals surface area contributed by atoms with Crippen LogP contribution in [0.4, 0.5) is 0 Å². The van der Waals surface area contributed by atoms with E-state index in [4.69, 9.17) is 26.2 Å². The summed E-state index contributed by atoms with van der Waals surface area (Å²) in [6, 6.07) is 4.68. The Morgan fingerprint density at radius 3 is 2.68 bits per heavy atom. The molecule has 0 aromatic heterocycles. The summed E-state index contributed by atoms with van der Waals surface area (Å²) in [4.78, 5) is 23.5. The van der Waals surface area contributed by atoms with Gasteiger partial charge in [0.25, 0.3) is 5.91 Å². The van der Waals surface area contributed by atoms with Gasteiger partial charge in [-0.3, -0.25) is 9.59 Å². The molecule has 6 nitrogen and oxygen atoms in total. The van der Waals surface area contributed by atoms with Crippen molar-refractivity contribution in [3.8, 4) is 5.75 Å². The molecule has 22 heavy (non-hydrogen) atoms. The first kappa shape index (κ1) is 16.6. The number of carboxylic acid groups (broad SMARTS) is 1. The highest BCUT2D eigenvalue weighted by molar-refractivity contribution is 6.32. The van der Waals surface area contributed by atoms with E-state index in [9.17, 15) is 9.59 Å². The van der Waals surface area contributed by atoms with Gasteiger partial charge in [0.15, 0.2) is 0 Å². The van der Waals surface area contributed by atoms with Crippen LogP contribution in [0.3, 0.4) is 0 Å². The number of carboxylic acids is 1. The molecule has 0 unspecified atom stereocenters. The number of amides is 1. The largest absolute Gasteiger partial charge is 0.495 e. The molecule has 120 valence electrons. The number of hydrogen-bond donors (Lipinski definition) is 2. The number of methoxy groups -OCH3 is 1. The van der Waals surface area contributed by atoms with Gasteiger partial charge in [0.05, 0.1) is 24.1 Å². The summed E-state index contributed by atoms with van der Waals surface area (Å²) in [6.45, 7) is 0.856. The van der Waals surface area contributed by atoms with Gasteiger partial charge in [-0.05, 0) is 31.0 Å². The van der Waals surface area contributed by atoms with E-state index in [2.05, 4.69) is 5.32 Å². The Bertz CT molecular complexity index is 569. The molecule has 0 radical (unpaired) electrons. The first-order valence-corrected chi connectivity index (χ1v) is 7.29. The molecule has 1 aliphatic heterocycles. The molecule has 0 saturated carbocycles. The molecular weight excluding hydrogens is 310 g/mol. The first-order valence-electron chi connectivity index (χ1n) is 6.91. The summed E-state index contributed by atoms with van der Waals surface area (Å²) in [7, 11) is 1.47. The van der Waals surface area contributed by atoms with E-state index in [1.54, 1.807) is 12.1 Å². The molecule has 1 fully saturated rings. The second-order valence-corrected chi connectivity index (χ2v) is 5.67. The Labute approximate surface area is 133 Å². The van der Waals surface area contributed by atoms with E-state index in [-0.39, 0.29) is 12.3 Å². The lowest BCUT2D eigenvalue weighted by Gasteiger charge is -2.36. The molecule has 0 bridgehead atoms. The van der Waals surface area contributed by atoms with Crippen LogP contribution in [-0.2, 0) is 9.53 Å². The van der Waals surface area contributed by atoms with E-state index >= 15 is 0 Å². The second-order valence-electron chi connectivity index (χ2n) is 5.27. The van der Waals surface area contributed by atoms with Crippen LogP contribution in [0.5, 0.6) is 5.75 Å². The number of aliphatic carboxylic acids is 1. The maximum absolute atomic E-state index is 12.4. The molecule has 1 aliphatic rings. The molecule has 1 aromatic rings. The smallest absolute Gasteiger partial charge is 0.305 e. The van der Waals surface area contributed by atoms with Gasteiger partial charge in [0.1, 0.15) is 5.75 Å². The van der Waals surface area contributed by atoms with Crippen LogP contribution >= 0.6 is 11.6 Å². The first-order chi connectivity index (χ1) is 10.5. The number of ether oxygens (including phenoxy) is 2. The number of nitrogens with one attached hydrogen (secondary N) is 1. The summed E-state index contributed by atoms with van der Waals surface area (Å²) in [5.74, 6) is -0.900. The topological polar surface area (TPSA) is 84.9 Å². The number of carbonyl (C=O) groups excluding carboxylic acids is 1. The number of carbonyl (C=O) groups is 2. The lowest BCUT2D eigenvalue weighted by Crippen LogP contribution is -2.53. The predicted molar refractivity (Wildman–Crippen MR) is 80.5 cm³/mol. The number of hydrogen-bond acceptors (Lipinski definition) is 4. The Morgan fingerprint density at radius 1 is 1.41 bits per heavy atom. The maximum atomic E-state index is 12.4. The summed E-state index contributed by atoms with van der Waals surface area (Å²) in [5.41, 5.74) is -0.411. The van der Waals surface area contributed by atoms with Gasteiger partial charge >= 0.3 is 5.97 Å². The van der Waals surface area contributed by atoms with E-state index in [0.717, 1.165) is 0 Å². The fraction of sp³-hybridized carbons (Fsp3) is 0.467. The number of rotatable bonds is 5. The predicted octanol–water partition coefficient (Wildman–Crippen LogP) is 2.10. The second kappa shape index (κ2) is 6.98. The average molecular weight is 328 g/mol. The fourth-order valence-electron chi connectivity index (χ4n) is 2.51. The van der Waals surface area contributed by atoms with Crippen LogP contribution in [0.25, 0.3) is 0 Å². The molecule has 7 heteroatoms. The molecule has 0 atom stereocenters. The monoisotopic (exact) mass is 327 g/mol. The van der Waals surface area contributed by atoms with Crippen LogP contribution in [0.2, 0.25) is 5.02 Å². The van der Waals surface area contributed by atoms with Crippen molar-refractivity contribution in [3.05, 3.63) is 28.8 Å². The molecule has 1 saturated heterocycles. The molecule has 0 aliphatic carbocycles. The lowest BCUT2D eigenvalue weighted by molar-refractivity contribution is -0.139. The quantitative estimate of drug-likeness (QED) is 0.865. The molecule has 1 amide bonds. The normalized spacial score (nSPS) is 16.8. The van der Waals surface area contributed by atoms with Gasteiger partial charge < -0.3 is 19.9 Å². The van der Waals surface area contributed by atoms with Crippen LogP contribution in [0.15, 0.2) is 18.2 Å². The molecule has 2 N–H and O–H groups in total. The highest BCUT2D eigenvalue weighted by Crippen LogP contribution is 2.28. The minimum Gasteiger partial charge on any atom is -0.495 e. The van der Waals surface area contributed by atoms with Crippen molar-refractivity contribution < 1.29 is 24.2 Å². The van der Waals surface area contributed by atoms with Gasteiger partial charge in [-0.1, -0.05) is 11.6 Å². The summed E-state index contributed by atoms with van der Waals surface area (Å²) >= 11 is 5.94. The highest BCUT2D eigenvalue weighted by atomic mass is 35.5. The minimum absolute atomic E-state index is 0.132. The third kappa shape index (κ3) is 3.90. The lowest BCUT2D eigenvalue weighted by atomic mass is 9.86. The number of halogens is 1. The van der Waals surface area contributed by atoms with Crippen LogP contribution in [0, 0.1) is 0 Å². The van der Waals surface area contributed by atoms with E-state index in [1.165, 1.54) is 13.2 Å². The molecule has 1 aromatic carbocycles. The van der Waals surface area contributed by atoms with Crippen LogP contribution in [0.1, 0.15) is 29.6 Å². The van der Waals surface area contributed by atoms with Crippen molar-refractivity contribution in [2.75, 3.05) is 20.3 Å². The Hall–Kier alpha value is -1.79. The van der Waals surface area contributed by atoms with Gasteiger partial charge in [-0.25, -0.2) is 0 Å². The SMILES string of the molecule is COc1cc(C(=O)NC2(CC(=O)O)CCOCC2)ccc1Cl. The van der Waals surface area contributed by atoms with Gasteiger partial charge in [-0.2, -0.15) is 0 Å². The summed E-state index contributed by atoms with van der Waals surface area (Å²) < 4.78 is 10.4.